The van der Waals surface area contributed by atoms with Gasteiger partial charge in [-0.2, -0.15) is 0 Å². The van der Waals surface area contributed by atoms with Crippen LogP contribution in [0, 0.1) is 6.92 Å². The van der Waals surface area contributed by atoms with Gasteiger partial charge in [-0.05, 0) is 43.3 Å². The second kappa shape index (κ2) is 10.0. The van der Waals surface area contributed by atoms with Crippen molar-refractivity contribution >= 4 is 11.7 Å². The molecule has 0 fully saturated rings. The third-order valence-electron chi connectivity index (χ3n) is 3.96. The van der Waals surface area contributed by atoms with E-state index in [2.05, 4.69) is 25.6 Å². The van der Waals surface area contributed by atoms with Crippen LogP contribution in [0.1, 0.15) is 22.0 Å². The van der Waals surface area contributed by atoms with Crippen molar-refractivity contribution in [2.45, 2.75) is 13.5 Å². The number of hydrogen-bond acceptors (Lipinski definition) is 7. The van der Waals surface area contributed by atoms with Gasteiger partial charge in [-0.1, -0.05) is 6.07 Å². The highest BCUT2D eigenvalue weighted by Gasteiger charge is 2.10. The number of amides is 1. The summed E-state index contributed by atoms with van der Waals surface area (Å²) in [7, 11) is 1.61. The minimum Gasteiger partial charge on any atom is -0.497 e. The lowest BCUT2D eigenvalue weighted by Gasteiger charge is -2.10. The van der Waals surface area contributed by atoms with E-state index in [-0.39, 0.29) is 5.91 Å². The van der Waals surface area contributed by atoms with Gasteiger partial charge in [0.15, 0.2) is 0 Å². The van der Waals surface area contributed by atoms with Gasteiger partial charge in [-0.15, -0.1) is 0 Å². The molecule has 2 N–H and O–H groups in total. The number of anilines is 1. The molecular formula is C21H23N5O3. The summed E-state index contributed by atoms with van der Waals surface area (Å²) >= 11 is 0. The Balaban J connectivity index is 1.49. The maximum atomic E-state index is 12.4. The van der Waals surface area contributed by atoms with Gasteiger partial charge in [-0.3, -0.25) is 9.78 Å². The smallest absolute Gasteiger partial charge is 0.270 e. The first-order valence-corrected chi connectivity index (χ1v) is 9.18. The summed E-state index contributed by atoms with van der Waals surface area (Å²) in [6.07, 6.45) is 1.73. The van der Waals surface area contributed by atoms with E-state index in [4.69, 9.17) is 9.47 Å². The summed E-state index contributed by atoms with van der Waals surface area (Å²) < 4.78 is 10.7. The number of rotatable bonds is 9. The molecule has 0 bridgehead atoms. The molecule has 0 aliphatic rings. The standard InChI is InChI=1S/C21H23N5O3/c1-15-25-19(13-20(26-15)24-14-16-5-3-4-10-22-16)21(27)23-11-12-29-18-8-6-17(28-2)7-9-18/h3-10,13H,11-12,14H2,1-2H3,(H,23,27)(H,24,25,26). The van der Waals surface area contributed by atoms with Crippen molar-refractivity contribution in [3.8, 4) is 11.5 Å². The summed E-state index contributed by atoms with van der Waals surface area (Å²) in [4.78, 5) is 25.2. The number of pyridine rings is 1. The quantitative estimate of drug-likeness (QED) is 0.539. The SMILES string of the molecule is COc1ccc(OCCNC(=O)c2cc(NCc3ccccn3)nc(C)n2)cc1. The maximum absolute atomic E-state index is 12.4. The fourth-order valence-corrected chi connectivity index (χ4v) is 2.55. The van der Waals surface area contributed by atoms with Crippen molar-refractivity contribution in [1.82, 2.24) is 20.3 Å². The Morgan fingerprint density at radius 3 is 2.59 bits per heavy atom. The van der Waals surface area contributed by atoms with Crippen molar-refractivity contribution in [3.63, 3.8) is 0 Å². The number of aromatic nitrogens is 3. The minimum absolute atomic E-state index is 0.283. The molecule has 0 radical (unpaired) electrons. The molecule has 1 aromatic carbocycles. The van der Waals surface area contributed by atoms with E-state index in [0.717, 1.165) is 11.4 Å². The Bertz CT molecular complexity index is 933. The minimum atomic E-state index is -0.283. The topological polar surface area (TPSA) is 98.3 Å². The second-order valence-electron chi connectivity index (χ2n) is 6.14. The number of methoxy groups -OCH3 is 1. The predicted molar refractivity (Wildman–Crippen MR) is 109 cm³/mol. The van der Waals surface area contributed by atoms with Crippen LogP contribution in [-0.2, 0) is 6.54 Å². The van der Waals surface area contributed by atoms with Crippen molar-refractivity contribution in [1.29, 1.82) is 0 Å². The van der Waals surface area contributed by atoms with E-state index in [1.807, 2.05) is 42.5 Å². The zero-order valence-electron chi connectivity index (χ0n) is 16.4. The number of carbonyl (C=O) groups excluding carboxylic acids is 1. The Hall–Kier alpha value is -3.68. The van der Waals surface area contributed by atoms with Gasteiger partial charge < -0.3 is 20.1 Å². The first-order valence-electron chi connectivity index (χ1n) is 9.18. The fourth-order valence-electron chi connectivity index (χ4n) is 2.55. The second-order valence-corrected chi connectivity index (χ2v) is 6.14. The first-order chi connectivity index (χ1) is 14.1. The van der Waals surface area contributed by atoms with Crippen LogP contribution in [0.25, 0.3) is 0 Å². The van der Waals surface area contributed by atoms with Crippen molar-refractivity contribution in [2.75, 3.05) is 25.6 Å². The lowest BCUT2D eigenvalue weighted by Crippen LogP contribution is -2.29. The lowest BCUT2D eigenvalue weighted by molar-refractivity contribution is 0.0941. The third kappa shape index (κ3) is 6.17. The van der Waals surface area contributed by atoms with Gasteiger partial charge in [-0.25, -0.2) is 9.97 Å². The molecule has 0 saturated heterocycles. The molecule has 8 nitrogen and oxygen atoms in total. The first kappa shape index (κ1) is 20.1. The average Bonchev–Trinajstić information content (AvgIpc) is 2.76. The molecule has 1 amide bonds. The highest BCUT2D eigenvalue weighted by Crippen LogP contribution is 2.16. The molecule has 8 heteroatoms. The molecule has 0 saturated carbocycles. The highest BCUT2D eigenvalue weighted by atomic mass is 16.5. The van der Waals surface area contributed by atoms with Gasteiger partial charge in [0.25, 0.3) is 5.91 Å². The number of hydrogen-bond donors (Lipinski definition) is 2. The lowest BCUT2D eigenvalue weighted by atomic mass is 10.3. The summed E-state index contributed by atoms with van der Waals surface area (Å²) in [5, 5.41) is 5.97. The van der Waals surface area contributed by atoms with Crippen LogP contribution in [0.3, 0.4) is 0 Å². The van der Waals surface area contributed by atoms with E-state index in [9.17, 15) is 4.79 Å². The van der Waals surface area contributed by atoms with Gasteiger partial charge in [0.05, 0.1) is 25.9 Å². The molecule has 0 aliphatic heterocycles. The van der Waals surface area contributed by atoms with Crippen LogP contribution in [0.2, 0.25) is 0 Å². The van der Waals surface area contributed by atoms with Crippen LogP contribution in [0.5, 0.6) is 11.5 Å². The molecule has 3 aromatic rings. The van der Waals surface area contributed by atoms with E-state index in [1.165, 1.54) is 0 Å². The molecule has 29 heavy (non-hydrogen) atoms. The molecule has 2 heterocycles. The van der Waals surface area contributed by atoms with Crippen LogP contribution < -0.4 is 20.1 Å². The van der Waals surface area contributed by atoms with Crippen LogP contribution in [-0.4, -0.2) is 41.1 Å². The number of nitrogens with one attached hydrogen (secondary N) is 2. The Morgan fingerprint density at radius 2 is 1.86 bits per heavy atom. The van der Waals surface area contributed by atoms with Crippen molar-refractivity contribution in [2.24, 2.45) is 0 Å². The zero-order valence-corrected chi connectivity index (χ0v) is 16.4. The molecule has 0 atom stereocenters. The maximum Gasteiger partial charge on any atom is 0.270 e. The Kier molecular flexibility index (Phi) is 6.94. The Labute approximate surface area is 169 Å². The van der Waals surface area contributed by atoms with Gasteiger partial charge in [0, 0.05) is 12.3 Å². The number of benzene rings is 1. The van der Waals surface area contributed by atoms with Gasteiger partial charge in [0.2, 0.25) is 0 Å². The van der Waals surface area contributed by atoms with Gasteiger partial charge in [0.1, 0.15) is 35.4 Å². The number of carbonyl (C=O) groups is 1. The Morgan fingerprint density at radius 1 is 1.07 bits per heavy atom. The molecule has 150 valence electrons. The van der Waals surface area contributed by atoms with Crippen molar-refractivity contribution < 1.29 is 14.3 Å². The number of nitrogens with zero attached hydrogens (tertiary/aromatic N) is 3. The summed E-state index contributed by atoms with van der Waals surface area (Å²) in [6.45, 7) is 2.95. The zero-order chi connectivity index (χ0) is 20.5. The van der Waals surface area contributed by atoms with Crippen LogP contribution in [0.15, 0.2) is 54.7 Å². The number of ether oxygens (including phenoxy) is 2. The molecule has 0 aliphatic carbocycles. The monoisotopic (exact) mass is 393 g/mol. The van der Waals surface area contributed by atoms with E-state index in [0.29, 0.717) is 42.8 Å². The summed E-state index contributed by atoms with van der Waals surface area (Å²) in [5.74, 6) is 2.27. The van der Waals surface area contributed by atoms with Gasteiger partial charge >= 0.3 is 0 Å². The normalized spacial score (nSPS) is 10.3. The molecule has 3 rings (SSSR count). The van der Waals surface area contributed by atoms with Crippen LogP contribution in [0.4, 0.5) is 5.82 Å². The third-order valence-corrected chi connectivity index (χ3v) is 3.96. The molecule has 2 aromatic heterocycles. The number of aryl methyl sites for hydroxylation is 1. The molecule has 0 unspecified atom stereocenters. The average molecular weight is 393 g/mol. The van der Waals surface area contributed by atoms with E-state index < -0.39 is 0 Å². The van der Waals surface area contributed by atoms with Crippen molar-refractivity contribution in [3.05, 3.63) is 71.9 Å². The van der Waals surface area contributed by atoms with E-state index >= 15 is 0 Å². The highest BCUT2D eigenvalue weighted by molar-refractivity contribution is 5.92. The summed E-state index contributed by atoms with van der Waals surface area (Å²) in [6, 6.07) is 14.6. The predicted octanol–water partition coefficient (Wildman–Crippen LogP) is 2.61. The summed E-state index contributed by atoms with van der Waals surface area (Å²) in [5.41, 5.74) is 1.18. The largest absolute Gasteiger partial charge is 0.497 e. The van der Waals surface area contributed by atoms with Crippen LogP contribution >= 0.6 is 0 Å². The fraction of sp³-hybridized carbons (Fsp3) is 0.238. The van der Waals surface area contributed by atoms with E-state index in [1.54, 1.807) is 26.3 Å². The molecule has 0 spiro atoms. The molecular weight excluding hydrogens is 370 g/mol.